The van der Waals surface area contributed by atoms with Crippen LogP contribution in [0.15, 0.2) is 24.5 Å². The van der Waals surface area contributed by atoms with Gasteiger partial charge in [0.05, 0.1) is 28.4 Å². The Labute approximate surface area is 93.5 Å². The highest BCUT2D eigenvalue weighted by atomic mass is 35.5. The van der Waals surface area contributed by atoms with Gasteiger partial charge in [0.25, 0.3) is 0 Å². The summed E-state index contributed by atoms with van der Waals surface area (Å²) in [7, 11) is 0. The first-order valence-electron chi connectivity index (χ1n) is 4.66. The lowest BCUT2D eigenvalue weighted by Gasteiger charge is -2.10. The highest BCUT2D eigenvalue weighted by Crippen LogP contribution is 2.27. The number of anilines is 1. The summed E-state index contributed by atoms with van der Waals surface area (Å²) >= 11 is 6.12. The van der Waals surface area contributed by atoms with Gasteiger partial charge in [0.15, 0.2) is 0 Å². The number of nitrogens with zero attached hydrogens (tertiary/aromatic N) is 2. The van der Waals surface area contributed by atoms with Crippen molar-refractivity contribution >= 4 is 17.3 Å². The van der Waals surface area contributed by atoms with Crippen molar-refractivity contribution in [1.29, 1.82) is 0 Å². The summed E-state index contributed by atoms with van der Waals surface area (Å²) in [4.78, 5) is 4.22. The second-order valence-electron chi connectivity index (χ2n) is 3.46. The topological polar surface area (TPSA) is 43.8 Å². The summed E-state index contributed by atoms with van der Waals surface area (Å²) < 4.78 is 1.91. The maximum absolute atomic E-state index is 6.12. The Bertz CT molecular complexity index is 482. The van der Waals surface area contributed by atoms with Gasteiger partial charge in [-0.05, 0) is 26.0 Å². The average molecular weight is 222 g/mol. The number of halogens is 1. The van der Waals surface area contributed by atoms with E-state index in [2.05, 4.69) is 4.98 Å². The van der Waals surface area contributed by atoms with Gasteiger partial charge in [-0.1, -0.05) is 17.7 Å². The van der Waals surface area contributed by atoms with Gasteiger partial charge in [-0.15, -0.1) is 0 Å². The van der Waals surface area contributed by atoms with E-state index in [0.29, 0.717) is 10.7 Å². The predicted molar refractivity (Wildman–Crippen MR) is 62.5 cm³/mol. The minimum atomic E-state index is 0.635. The number of aromatic nitrogens is 2. The van der Waals surface area contributed by atoms with Crippen molar-refractivity contribution in [3.05, 3.63) is 40.9 Å². The molecule has 0 unspecified atom stereocenters. The van der Waals surface area contributed by atoms with Crippen LogP contribution >= 0.6 is 11.6 Å². The van der Waals surface area contributed by atoms with Gasteiger partial charge >= 0.3 is 0 Å². The lowest BCUT2D eigenvalue weighted by Crippen LogP contribution is -2.01. The van der Waals surface area contributed by atoms with Crippen LogP contribution in [0.1, 0.15) is 11.4 Å². The Morgan fingerprint density at radius 3 is 2.60 bits per heavy atom. The first kappa shape index (κ1) is 10.1. The highest BCUT2D eigenvalue weighted by Gasteiger charge is 2.10. The number of hydrogen-bond acceptors (Lipinski definition) is 2. The molecule has 0 aliphatic heterocycles. The minimum absolute atomic E-state index is 0.635. The fourth-order valence-corrected chi connectivity index (χ4v) is 1.78. The van der Waals surface area contributed by atoms with Crippen molar-refractivity contribution in [2.75, 3.05) is 5.73 Å². The molecule has 15 heavy (non-hydrogen) atoms. The van der Waals surface area contributed by atoms with Gasteiger partial charge in [-0.3, -0.25) is 4.57 Å². The molecule has 4 heteroatoms. The number of benzene rings is 1. The number of para-hydroxylation sites is 1. The average Bonchev–Trinajstić information content (AvgIpc) is 2.49. The number of hydrogen-bond donors (Lipinski definition) is 1. The third kappa shape index (κ3) is 1.59. The van der Waals surface area contributed by atoms with Crippen LogP contribution in [0.4, 0.5) is 5.69 Å². The van der Waals surface area contributed by atoms with Gasteiger partial charge in [-0.25, -0.2) is 4.98 Å². The molecule has 1 aromatic heterocycles. The molecule has 3 nitrogen and oxygen atoms in total. The maximum Gasteiger partial charge on any atom is 0.0998 e. The van der Waals surface area contributed by atoms with E-state index in [0.717, 1.165) is 17.1 Å². The van der Waals surface area contributed by atoms with Crippen molar-refractivity contribution in [2.45, 2.75) is 13.8 Å². The molecule has 0 atom stereocenters. The SMILES string of the molecule is Cc1ncn(-c2c(N)cccc2Cl)c1C. The number of aryl methyl sites for hydroxylation is 1. The monoisotopic (exact) mass is 221 g/mol. The molecule has 0 saturated carbocycles. The normalized spacial score (nSPS) is 10.6. The van der Waals surface area contributed by atoms with Crippen molar-refractivity contribution in [2.24, 2.45) is 0 Å². The summed E-state index contributed by atoms with van der Waals surface area (Å²) in [6.45, 7) is 3.95. The van der Waals surface area contributed by atoms with E-state index in [9.17, 15) is 0 Å². The Morgan fingerprint density at radius 1 is 1.33 bits per heavy atom. The summed E-state index contributed by atoms with van der Waals surface area (Å²) in [6.07, 6.45) is 1.74. The van der Waals surface area contributed by atoms with Gasteiger partial charge in [-0.2, -0.15) is 0 Å². The lowest BCUT2D eigenvalue weighted by molar-refractivity contribution is 1.00. The van der Waals surface area contributed by atoms with Gasteiger partial charge in [0.1, 0.15) is 0 Å². The van der Waals surface area contributed by atoms with Crippen molar-refractivity contribution < 1.29 is 0 Å². The van der Waals surface area contributed by atoms with Crippen LogP contribution in [0.25, 0.3) is 5.69 Å². The first-order chi connectivity index (χ1) is 7.11. The molecule has 0 amide bonds. The van der Waals surface area contributed by atoms with E-state index in [-0.39, 0.29) is 0 Å². The smallest absolute Gasteiger partial charge is 0.0998 e. The van der Waals surface area contributed by atoms with Crippen LogP contribution < -0.4 is 5.73 Å². The molecular weight excluding hydrogens is 210 g/mol. The zero-order chi connectivity index (χ0) is 11.0. The number of nitrogens with two attached hydrogens (primary N) is 1. The largest absolute Gasteiger partial charge is 0.397 e. The molecule has 0 radical (unpaired) electrons. The summed E-state index contributed by atoms with van der Waals surface area (Å²) in [5.74, 6) is 0. The Hall–Kier alpha value is -1.48. The molecule has 2 rings (SSSR count). The number of imidazole rings is 1. The van der Waals surface area contributed by atoms with E-state index >= 15 is 0 Å². The molecule has 0 fully saturated rings. The molecule has 78 valence electrons. The summed E-state index contributed by atoms with van der Waals surface area (Å²) in [5.41, 5.74) is 9.39. The van der Waals surface area contributed by atoms with E-state index < -0.39 is 0 Å². The van der Waals surface area contributed by atoms with E-state index in [1.54, 1.807) is 6.33 Å². The Kier molecular flexibility index (Phi) is 2.40. The summed E-state index contributed by atoms with van der Waals surface area (Å²) in [6, 6.07) is 5.48. The minimum Gasteiger partial charge on any atom is -0.397 e. The van der Waals surface area contributed by atoms with Crippen molar-refractivity contribution in [1.82, 2.24) is 9.55 Å². The quantitative estimate of drug-likeness (QED) is 0.753. The Morgan fingerprint density at radius 2 is 2.07 bits per heavy atom. The van der Waals surface area contributed by atoms with E-state index in [4.69, 9.17) is 17.3 Å². The summed E-state index contributed by atoms with van der Waals surface area (Å²) in [5, 5.41) is 0.635. The molecule has 1 aromatic carbocycles. The van der Waals surface area contributed by atoms with Crippen LogP contribution in [-0.4, -0.2) is 9.55 Å². The van der Waals surface area contributed by atoms with Crippen molar-refractivity contribution in [3.63, 3.8) is 0 Å². The third-order valence-corrected chi connectivity index (χ3v) is 2.82. The van der Waals surface area contributed by atoms with Crippen LogP contribution in [0.2, 0.25) is 5.02 Å². The van der Waals surface area contributed by atoms with Gasteiger partial charge in [0, 0.05) is 5.69 Å². The molecule has 0 aliphatic rings. The molecule has 0 saturated heterocycles. The molecule has 1 heterocycles. The third-order valence-electron chi connectivity index (χ3n) is 2.51. The van der Waals surface area contributed by atoms with Gasteiger partial charge in [0.2, 0.25) is 0 Å². The molecule has 0 aliphatic carbocycles. The fraction of sp³-hybridized carbons (Fsp3) is 0.182. The highest BCUT2D eigenvalue weighted by molar-refractivity contribution is 6.33. The van der Waals surface area contributed by atoms with Gasteiger partial charge < -0.3 is 5.73 Å². The van der Waals surface area contributed by atoms with Crippen LogP contribution in [0.3, 0.4) is 0 Å². The van der Waals surface area contributed by atoms with E-state index in [1.807, 2.05) is 36.6 Å². The van der Waals surface area contributed by atoms with Crippen LogP contribution in [0, 0.1) is 13.8 Å². The number of rotatable bonds is 1. The predicted octanol–water partition coefficient (Wildman–Crippen LogP) is 2.72. The van der Waals surface area contributed by atoms with Crippen molar-refractivity contribution in [3.8, 4) is 5.69 Å². The lowest BCUT2D eigenvalue weighted by atomic mass is 10.2. The molecule has 0 spiro atoms. The second kappa shape index (κ2) is 3.59. The molecular formula is C11H12ClN3. The second-order valence-corrected chi connectivity index (χ2v) is 3.87. The zero-order valence-electron chi connectivity index (χ0n) is 8.66. The molecule has 2 N–H and O–H groups in total. The zero-order valence-corrected chi connectivity index (χ0v) is 9.42. The first-order valence-corrected chi connectivity index (χ1v) is 5.04. The maximum atomic E-state index is 6.12. The van der Waals surface area contributed by atoms with Crippen LogP contribution in [0.5, 0.6) is 0 Å². The Balaban J connectivity index is 2.69. The standard InChI is InChI=1S/C11H12ClN3/c1-7-8(2)15(6-14-7)11-9(12)4-3-5-10(11)13/h3-6H,13H2,1-2H3. The van der Waals surface area contributed by atoms with Crippen LogP contribution in [-0.2, 0) is 0 Å². The number of nitrogen functional groups attached to an aromatic ring is 1. The molecule has 0 bridgehead atoms. The molecule has 2 aromatic rings. The fourth-order valence-electron chi connectivity index (χ4n) is 1.51. The van der Waals surface area contributed by atoms with E-state index in [1.165, 1.54) is 0 Å².